The molecule has 8 nitrogen and oxygen atoms in total. The molecule has 33 heavy (non-hydrogen) atoms. The molecule has 0 spiro atoms. The number of carbonyl (C=O) groups is 2. The van der Waals surface area contributed by atoms with Gasteiger partial charge in [-0.1, -0.05) is 41.6 Å². The Hall–Kier alpha value is -3.72. The fourth-order valence-corrected chi connectivity index (χ4v) is 5.03. The van der Waals surface area contributed by atoms with Gasteiger partial charge in [-0.15, -0.1) is 0 Å². The van der Waals surface area contributed by atoms with Gasteiger partial charge in [-0.2, -0.15) is 5.10 Å². The molecular weight excluding hydrogens is 438 g/mol. The fourth-order valence-electron chi connectivity index (χ4n) is 3.90. The Morgan fingerprint density at radius 3 is 2.73 bits per heavy atom. The van der Waals surface area contributed by atoms with Crippen molar-refractivity contribution in [1.82, 2.24) is 19.3 Å². The lowest BCUT2D eigenvalue weighted by atomic mass is 10.1. The van der Waals surface area contributed by atoms with Crippen LogP contribution in [0.2, 0.25) is 0 Å². The van der Waals surface area contributed by atoms with Gasteiger partial charge in [-0.3, -0.25) is 19.0 Å². The zero-order chi connectivity index (χ0) is 23.1. The number of Topliss-reactive ketones (excluding diaryl/α,β-unsaturated/α-hetero) is 1. The average molecular weight is 460 g/mol. The van der Waals surface area contributed by atoms with Gasteiger partial charge in [-0.25, -0.2) is 9.67 Å². The van der Waals surface area contributed by atoms with E-state index in [2.05, 4.69) is 10.4 Å². The van der Waals surface area contributed by atoms with Gasteiger partial charge >= 0.3 is 0 Å². The molecule has 2 aromatic heterocycles. The number of anilines is 1. The minimum atomic E-state index is -0.312. The Kier molecular flexibility index (Phi) is 5.33. The molecule has 5 rings (SSSR count). The maximum Gasteiger partial charge on any atom is 0.265 e. The zero-order valence-corrected chi connectivity index (χ0v) is 18.9. The first kappa shape index (κ1) is 21.1. The molecule has 0 aliphatic carbocycles. The van der Waals surface area contributed by atoms with Gasteiger partial charge in [0.15, 0.2) is 16.6 Å². The van der Waals surface area contributed by atoms with Crippen molar-refractivity contribution in [2.45, 2.75) is 31.5 Å². The van der Waals surface area contributed by atoms with Crippen molar-refractivity contribution in [3.63, 3.8) is 0 Å². The van der Waals surface area contributed by atoms with Crippen LogP contribution in [0.3, 0.4) is 0 Å². The van der Waals surface area contributed by atoms with E-state index in [1.165, 1.54) is 24.9 Å². The molecule has 0 fully saturated rings. The van der Waals surface area contributed by atoms with E-state index in [1.54, 1.807) is 33.5 Å². The van der Waals surface area contributed by atoms with Crippen LogP contribution in [0, 0.1) is 6.92 Å². The molecule has 166 valence electrons. The molecule has 1 atom stereocenters. The molecule has 0 saturated carbocycles. The van der Waals surface area contributed by atoms with Crippen LogP contribution in [0.1, 0.15) is 35.3 Å². The summed E-state index contributed by atoms with van der Waals surface area (Å²) in [6.07, 6.45) is 1.66. The number of ketones is 1. The smallest absolute Gasteiger partial charge is 0.265 e. The van der Waals surface area contributed by atoms with E-state index in [4.69, 9.17) is 4.98 Å². The number of benzene rings is 2. The van der Waals surface area contributed by atoms with Crippen molar-refractivity contribution >= 4 is 40.2 Å². The number of hydrogen-bond donors (Lipinski definition) is 1. The van der Waals surface area contributed by atoms with Crippen molar-refractivity contribution in [3.8, 4) is 5.69 Å². The minimum absolute atomic E-state index is 0.0694. The number of rotatable bonds is 5. The van der Waals surface area contributed by atoms with E-state index in [0.717, 1.165) is 11.3 Å². The highest BCUT2D eigenvalue weighted by Crippen LogP contribution is 2.33. The first-order valence-electron chi connectivity index (χ1n) is 10.5. The topological polar surface area (TPSA) is 98.9 Å². The first-order chi connectivity index (χ1) is 15.9. The predicted molar refractivity (Wildman–Crippen MR) is 127 cm³/mol. The van der Waals surface area contributed by atoms with Crippen LogP contribution in [0.5, 0.6) is 0 Å². The fraction of sp³-hybridized carbons (Fsp3) is 0.208. The number of aromatic nitrogens is 4. The van der Waals surface area contributed by atoms with Crippen LogP contribution in [0.25, 0.3) is 16.7 Å². The molecule has 4 aromatic rings. The molecule has 2 aromatic carbocycles. The van der Waals surface area contributed by atoms with Crippen LogP contribution in [0.4, 0.5) is 5.69 Å². The van der Waals surface area contributed by atoms with Gasteiger partial charge in [0.2, 0.25) is 5.91 Å². The lowest BCUT2D eigenvalue weighted by Crippen LogP contribution is -2.27. The summed E-state index contributed by atoms with van der Waals surface area (Å²) in [6, 6.07) is 14.3. The number of hydrogen-bond acceptors (Lipinski definition) is 6. The largest absolute Gasteiger partial charge is 0.326 e. The molecule has 0 bridgehead atoms. The van der Waals surface area contributed by atoms with Crippen LogP contribution >= 0.6 is 11.8 Å². The summed E-state index contributed by atoms with van der Waals surface area (Å²) in [5, 5.41) is 8.21. The number of aryl methyl sites for hydroxylation is 1. The van der Waals surface area contributed by atoms with Crippen molar-refractivity contribution in [2.75, 3.05) is 11.1 Å². The predicted octanol–water partition coefficient (Wildman–Crippen LogP) is 3.77. The third-order valence-electron chi connectivity index (χ3n) is 5.62. The van der Waals surface area contributed by atoms with E-state index in [0.29, 0.717) is 33.2 Å². The van der Waals surface area contributed by atoms with E-state index >= 15 is 0 Å². The second-order valence-electron chi connectivity index (χ2n) is 8.05. The zero-order valence-electron chi connectivity index (χ0n) is 18.1. The molecule has 0 radical (unpaired) electrons. The van der Waals surface area contributed by atoms with Crippen LogP contribution in [-0.4, -0.2) is 36.8 Å². The van der Waals surface area contributed by atoms with Crippen molar-refractivity contribution < 1.29 is 9.59 Å². The Morgan fingerprint density at radius 2 is 1.97 bits per heavy atom. The second-order valence-corrected chi connectivity index (χ2v) is 9.04. The van der Waals surface area contributed by atoms with Gasteiger partial charge in [0.25, 0.3) is 5.56 Å². The number of fused-ring (bicyclic) bond motifs is 2. The molecule has 1 N–H and O–H groups in total. The van der Waals surface area contributed by atoms with Gasteiger partial charge in [0.05, 0.1) is 17.9 Å². The van der Waals surface area contributed by atoms with Gasteiger partial charge in [0.1, 0.15) is 5.39 Å². The van der Waals surface area contributed by atoms with Gasteiger partial charge < -0.3 is 5.32 Å². The maximum atomic E-state index is 13.3. The van der Waals surface area contributed by atoms with Crippen molar-refractivity contribution in [1.29, 1.82) is 0 Å². The highest BCUT2D eigenvalue weighted by atomic mass is 32.2. The van der Waals surface area contributed by atoms with Crippen LogP contribution in [-0.2, 0) is 4.79 Å². The summed E-state index contributed by atoms with van der Waals surface area (Å²) in [7, 11) is 0. The van der Waals surface area contributed by atoms with E-state index in [9.17, 15) is 14.4 Å². The lowest BCUT2D eigenvalue weighted by Gasteiger charge is -2.14. The van der Waals surface area contributed by atoms with E-state index < -0.39 is 0 Å². The molecule has 9 heteroatoms. The van der Waals surface area contributed by atoms with Gasteiger partial charge in [0, 0.05) is 23.4 Å². The molecule has 1 amide bonds. The van der Waals surface area contributed by atoms with Crippen molar-refractivity contribution in [2.24, 2.45) is 0 Å². The summed E-state index contributed by atoms with van der Waals surface area (Å²) in [4.78, 5) is 42.3. The lowest BCUT2D eigenvalue weighted by molar-refractivity contribution is -0.116. The molecule has 1 aliphatic rings. The summed E-state index contributed by atoms with van der Waals surface area (Å²) in [5.74, 6) is 0.282. The standard InChI is InChI=1S/C24H21N5O3S/c1-14-6-8-18(9-7-14)29-22-20(12-25-29)23(32)28-19(13-33-24(28)27-22)11-21(31)26-17-5-3-4-16(10-17)15(2)30/h3-10,12,19H,11,13H2,1-2H3,(H,26,31). The Morgan fingerprint density at radius 1 is 1.18 bits per heavy atom. The van der Waals surface area contributed by atoms with Gasteiger partial charge in [-0.05, 0) is 38.1 Å². The third-order valence-corrected chi connectivity index (χ3v) is 6.72. The number of amides is 1. The normalized spacial score (nSPS) is 14.9. The number of carbonyl (C=O) groups excluding carboxylic acids is 2. The van der Waals surface area contributed by atoms with Crippen molar-refractivity contribution in [3.05, 3.63) is 76.2 Å². The number of nitrogens with one attached hydrogen (secondary N) is 1. The second kappa shape index (κ2) is 8.32. The minimum Gasteiger partial charge on any atom is -0.326 e. The highest BCUT2D eigenvalue weighted by Gasteiger charge is 2.29. The van der Waals surface area contributed by atoms with E-state index in [1.807, 2.05) is 31.2 Å². The number of nitrogens with zero attached hydrogens (tertiary/aromatic N) is 4. The Bertz CT molecular complexity index is 1460. The average Bonchev–Trinajstić information content (AvgIpc) is 3.39. The summed E-state index contributed by atoms with van der Waals surface area (Å²) in [6.45, 7) is 3.49. The maximum absolute atomic E-state index is 13.3. The van der Waals surface area contributed by atoms with E-state index in [-0.39, 0.29) is 29.7 Å². The Labute approximate surface area is 193 Å². The summed E-state index contributed by atoms with van der Waals surface area (Å²) < 4.78 is 3.26. The SMILES string of the molecule is CC(=O)c1cccc(NC(=O)CC2CSc3nc4c(cnn4-c4ccc(C)cc4)c(=O)n32)c1. The molecule has 1 unspecified atom stereocenters. The van der Waals surface area contributed by atoms with Crippen LogP contribution < -0.4 is 10.9 Å². The molecular formula is C24H21N5O3S. The molecule has 0 saturated heterocycles. The quantitative estimate of drug-likeness (QED) is 0.360. The van der Waals surface area contributed by atoms with Crippen LogP contribution in [0.15, 0.2) is 64.7 Å². The number of thioether (sulfide) groups is 1. The third kappa shape index (κ3) is 3.95. The molecule has 1 aliphatic heterocycles. The monoisotopic (exact) mass is 459 g/mol. The molecule has 3 heterocycles. The summed E-state index contributed by atoms with van der Waals surface area (Å²) >= 11 is 1.46. The Balaban J connectivity index is 1.41. The highest BCUT2D eigenvalue weighted by molar-refractivity contribution is 7.99. The summed E-state index contributed by atoms with van der Waals surface area (Å²) in [5.41, 5.74) is 3.36. The first-order valence-corrected chi connectivity index (χ1v) is 11.5.